The van der Waals surface area contributed by atoms with E-state index in [0.717, 1.165) is 0 Å². The van der Waals surface area contributed by atoms with Crippen molar-refractivity contribution >= 4 is 39.9 Å². The fourth-order valence-electron chi connectivity index (χ4n) is 0.143. The Hall–Kier alpha value is -0.320. The maximum atomic E-state index is 9.55. The van der Waals surface area contributed by atoms with Crippen LogP contribution in [-0.4, -0.2) is 50.1 Å². The first-order chi connectivity index (χ1) is 4.63. The molecule has 0 rings (SSSR count). The van der Waals surface area contributed by atoms with Crippen molar-refractivity contribution in [1.29, 1.82) is 0 Å². The normalized spacial score (nSPS) is 8.30. The average Bonchev–Trinajstić information content (AvgIpc) is 1.89. The maximum absolute atomic E-state index is 9.55. The second kappa shape index (κ2) is 8.68. The molecule has 0 aliphatic heterocycles. The third-order valence-corrected chi connectivity index (χ3v) is 0.368. The van der Waals surface area contributed by atoms with Gasteiger partial charge in [0.25, 0.3) is 0 Å². The van der Waals surface area contributed by atoms with Crippen LogP contribution in [0.25, 0.3) is 0 Å². The number of carboxylic acid groups (broad SMARTS) is 2. The predicted octanol–water partition coefficient (Wildman–Crippen LogP) is -0.0852. The van der Waals surface area contributed by atoms with E-state index < -0.39 is 11.9 Å². The Morgan fingerprint density at radius 1 is 1.10 bits per heavy atom. The molecule has 0 unspecified atom stereocenters. The number of hydrogen-bond acceptors (Lipinski definition) is 2. The van der Waals surface area contributed by atoms with Gasteiger partial charge in [0.05, 0.1) is 0 Å². The van der Waals surface area contributed by atoms with Crippen molar-refractivity contribution in [2.45, 2.75) is 4.17 Å². The molecule has 0 saturated carbocycles. The number of aliphatic carboxylic acids is 2. The first-order valence-corrected chi connectivity index (χ1v) is 4.77. The number of carbonyl (C=O) groups is 2. The van der Waals surface area contributed by atoms with E-state index in [4.69, 9.17) is 10.2 Å². The van der Waals surface area contributed by atoms with Gasteiger partial charge in [-0.2, -0.15) is 0 Å². The molecule has 0 radical (unpaired) electrons. The van der Waals surface area contributed by atoms with Crippen LogP contribution in [0.4, 0.5) is 0 Å². The topological polar surface area (TPSA) is 74.6 Å². The molecular weight excluding hydrogens is 147 g/mol. The summed E-state index contributed by atoms with van der Waals surface area (Å²) in [6.07, 6.45) is 1.12. The monoisotopic (exact) mass is 154 g/mol. The molecule has 0 fully saturated rings. The molecule has 5 heteroatoms. The van der Waals surface area contributed by atoms with Gasteiger partial charge in [0.15, 0.2) is 0 Å². The van der Waals surface area contributed by atoms with Gasteiger partial charge in [0.1, 0.15) is 0 Å². The fraction of sp³-hybridized carbons (Fsp3) is 0.200. The zero-order valence-electron chi connectivity index (χ0n) is 5.87. The van der Waals surface area contributed by atoms with Crippen LogP contribution in [0, 0.1) is 0 Å². The quantitative estimate of drug-likeness (QED) is 0.430. The molecule has 0 aliphatic carbocycles. The zero-order chi connectivity index (χ0) is 8.57. The van der Waals surface area contributed by atoms with E-state index in [1.54, 1.807) is 0 Å². The van der Waals surface area contributed by atoms with Gasteiger partial charge in [-0.3, -0.25) is 0 Å². The van der Waals surface area contributed by atoms with E-state index >= 15 is 0 Å². The molecule has 4 nitrogen and oxygen atoms in total. The molecule has 0 saturated heterocycles. The molecule has 0 spiro atoms. The summed E-state index contributed by atoms with van der Waals surface area (Å²) in [5.41, 5.74) is 0. The Morgan fingerprint density at radius 2 is 1.30 bits per heavy atom. The standard InChI is InChI=1S/C4H4O4.CH3.Na/c5-3(6)1-2-4(7)8;;/h1-2H,(H,5,6)(H,7,8);1H3;. The molecular formula is C5H7NaO4. The fourth-order valence-corrected chi connectivity index (χ4v) is 0.143. The van der Waals surface area contributed by atoms with Gasteiger partial charge in [-0.15, -0.1) is 0 Å². The second-order valence-electron chi connectivity index (χ2n) is 1.01. The minimum absolute atomic E-state index is 0.558. The Morgan fingerprint density at radius 3 is 1.40 bits per heavy atom. The van der Waals surface area contributed by atoms with Crippen LogP contribution in [0.3, 0.4) is 0 Å². The molecule has 0 bridgehead atoms. The third-order valence-electron chi connectivity index (χ3n) is 0.368. The summed E-state index contributed by atoms with van der Waals surface area (Å²) in [6.45, 7) is 0. The van der Waals surface area contributed by atoms with Crippen LogP contribution >= 0.6 is 0 Å². The predicted molar refractivity (Wildman–Crippen MR) is 36.0 cm³/mol. The van der Waals surface area contributed by atoms with Crippen molar-refractivity contribution in [2.24, 2.45) is 0 Å². The summed E-state index contributed by atoms with van der Waals surface area (Å²) in [5, 5.41) is 15.6. The van der Waals surface area contributed by atoms with Crippen LogP contribution in [-0.2, 0) is 9.59 Å². The average molecular weight is 154 g/mol. The molecule has 2 N–H and O–H groups in total. The van der Waals surface area contributed by atoms with E-state index in [0.29, 0.717) is 12.2 Å². The zero-order valence-corrected chi connectivity index (χ0v) is 7.87. The van der Waals surface area contributed by atoms with Crippen molar-refractivity contribution in [3.8, 4) is 0 Å². The summed E-state index contributed by atoms with van der Waals surface area (Å²) in [7, 11) is 0. The first kappa shape index (κ1) is 12.4. The second-order valence-corrected chi connectivity index (χ2v) is 1.01. The SMILES string of the molecule is O=C(O)C=CC(=O)O.[CH3][Na]. The van der Waals surface area contributed by atoms with Crippen LogP contribution in [0.2, 0.25) is 4.17 Å². The van der Waals surface area contributed by atoms with Gasteiger partial charge >= 0.3 is 44.0 Å². The molecule has 0 aromatic carbocycles. The van der Waals surface area contributed by atoms with Crippen molar-refractivity contribution < 1.29 is 19.8 Å². The molecule has 0 aromatic rings. The van der Waals surface area contributed by atoms with Crippen LogP contribution in [0.5, 0.6) is 0 Å². The van der Waals surface area contributed by atoms with E-state index in [-0.39, 0.29) is 0 Å². The van der Waals surface area contributed by atoms with E-state index in [9.17, 15) is 9.59 Å². The Labute approximate surface area is 76.0 Å². The first-order valence-electron chi connectivity index (χ1n) is 2.77. The Balaban J connectivity index is 0. The van der Waals surface area contributed by atoms with E-state index in [1.165, 1.54) is 27.9 Å². The third kappa shape index (κ3) is 15.6. The van der Waals surface area contributed by atoms with E-state index in [1.807, 2.05) is 0 Å². The van der Waals surface area contributed by atoms with E-state index in [2.05, 4.69) is 4.17 Å². The minimum atomic E-state index is -1.26. The molecule has 0 atom stereocenters. The molecule has 52 valence electrons. The molecule has 0 amide bonds. The van der Waals surface area contributed by atoms with Crippen molar-refractivity contribution in [1.82, 2.24) is 0 Å². The van der Waals surface area contributed by atoms with Gasteiger partial charge in [-0.05, 0) is 0 Å². The summed E-state index contributed by atoms with van der Waals surface area (Å²) >= 11 is 1.31. The van der Waals surface area contributed by atoms with Gasteiger partial charge < -0.3 is 10.2 Å². The van der Waals surface area contributed by atoms with Gasteiger partial charge in [0, 0.05) is 12.2 Å². The summed E-state index contributed by atoms with van der Waals surface area (Å²) in [4.78, 5) is 19.1. The summed E-state index contributed by atoms with van der Waals surface area (Å²) in [5.74, 6) is -2.51. The Kier molecular flexibility index (Phi) is 10.7. The number of carboxylic acids is 2. The Bertz CT molecular complexity index is 125. The van der Waals surface area contributed by atoms with Crippen LogP contribution in [0.15, 0.2) is 12.2 Å². The molecule has 10 heavy (non-hydrogen) atoms. The van der Waals surface area contributed by atoms with Gasteiger partial charge in [0.2, 0.25) is 0 Å². The van der Waals surface area contributed by atoms with Gasteiger partial charge in [-0.25, -0.2) is 9.59 Å². The van der Waals surface area contributed by atoms with Crippen molar-refractivity contribution in [3.63, 3.8) is 0 Å². The van der Waals surface area contributed by atoms with Crippen molar-refractivity contribution in [2.75, 3.05) is 0 Å². The van der Waals surface area contributed by atoms with Crippen LogP contribution in [0.1, 0.15) is 0 Å². The number of rotatable bonds is 2. The molecule has 0 aliphatic rings. The summed E-state index contributed by atoms with van der Waals surface area (Å²) in [6, 6.07) is 0. The van der Waals surface area contributed by atoms with Crippen molar-refractivity contribution in [3.05, 3.63) is 12.2 Å². The number of hydrogen-bond donors (Lipinski definition) is 2. The summed E-state index contributed by atoms with van der Waals surface area (Å²) < 4.78 is 2.14. The van der Waals surface area contributed by atoms with Crippen LogP contribution < -0.4 is 0 Å². The molecule has 0 aromatic heterocycles. The molecule has 0 heterocycles. The van der Waals surface area contributed by atoms with Gasteiger partial charge in [-0.1, -0.05) is 0 Å².